The van der Waals surface area contributed by atoms with Crippen molar-refractivity contribution in [3.05, 3.63) is 35.9 Å². The molecule has 2 rings (SSSR count). The van der Waals surface area contributed by atoms with Gasteiger partial charge in [0.25, 0.3) is 5.91 Å². The quantitative estimate of drug-likeness (QED) is 0.689. The SMILES string of the molecule is CC[NH+](CC(=O)NC(=O)NC1CC1)Cc1ccccc1. The minimum Gasteiger partial charge on any atom is -0.335 e. The third-order valence-corrected chi connectivity index (χ3v) is 3.37. The topological polar surface area (TPSA) is 62.6 Å². The normalized spacial score (nSPS) is 15.4. The van der Waals surface area contributed by atoms with Crippen molar-refractivity contribution in [2.24, 2.45) is 0 Å². The smallest absolute Gasteiger partial charge is 0.321 e. The monoisotopic (exact) mass is 276 g/mol. The Labute approximate surface area is 119 Å². The maximum Gasteiger partial charge on any atom is 0.321 e. The average Bonchev–Trinajstić information content (AvgIpc) is 3.22. The van der Waals surface area contributed by atoms with Gasteiger partial charge in [0.1, 0.15) is 6.54 Å². The highest BCUT2D eigenvalue weighted by Gasteiger charge is 2.24. The van der Waals surface area contributed by atoms with Crippen LogP contribution in [0.3, 0.4) is 0 Å². The number of urea groups is 1. The minimum absolute atomic E-state index is 0.226. The van der Waals surface area contributed by atoms with Crippen molar-refractivity contribution in [1.82, 2.24) is 10.6 Å². The predicted molar refractivity (Wildman–Crippen MR) is 76.2 cm³/mol. The first-order valence-corrected chi connectivity index (χ1v) is 7.15. The number of quaternary nitrogens is 1. The van der Waals surface area contributed by atoms with Crippen molar-refractivity contribution in [3.8, 4) is 0 Å². The molecule has 0 bridgehead atoms. The fourth-order valence-electron chi connectivity index (χ4n) is 2.04. The van der Waals surface area contributed by atoms with E-state index in [1.807, 2.05) is 37.3 Å². The molecule has 0 saturated heterocycles. The molecule has 5 heteroatoms. The van der Waals surface area contributed by atoms with Gasteiger partial charge in [-0.3, -0.25) is 10.1 Å². The summed E-state index contributed by atoms with van der Waals surface area (Å²) in [5, 5.41) is 5.14. The molecular formula is C15H22N3O2+. The van der Waals surface area contributed by atoms with Gasteiger partial charge >= 0.3 is 6.03 Å². The van der Waals surface area contributed by atoms with Gasteiger partial charge in [-0.15, -0.1) is 0 Å². The zero-order valence-corrected chi connectivity index (χ0v) is 11.8. The number of hydrogen-bond donors (Lipinski definition) is 3. The Morgan fingerprint density at radius 1 is 1.25 bits per heavy atom. The summed E-state index contributed by atoms with van der Waals surface area (Å²) in [6.07, 6.45) is 2.03. The third kappa shape index (κ3) is 5.01. The zero-order chi connectivity index (χ0) is 14.4. The van der Waals surface area contributed by atoms with Gasteiger partial charge in [0.2, 0.25) is 0 Å². The molecule has 20 heavy (non-hydrogen) atoms. The lowest BCUT2D eigenvalue weighted by molar-refractivity contribution is -0.904. The van der Waals surface area contributed by atoms with Gasteiger partial charge < -0.3 is 10.2 Å². The maximum absolute atomic E-state index is 11.8. The van der Waals surface area contributed by atoms with E-state index in [9.17, 15) is 9.59 Å². The molecule has 1 aromatic carbocycles. The Balaban J connectivity index is 1.76. The lowest BCUT2D eigenvalue weighted by Crippen LogP contribution is -3.11. The summed E-state index contributed by atoms with van der Waals surface area (Å²) in [6, 6.07) is 9.96. The zero-order valence-electron chi connectivity index (χ0n) is 11.8. The van der Waals surface area contributed by atoms with Crippen molar-refractivity contribution in [2.75, 3.05) is 13.1 Å². The van der Waals surface area contributed by atoms with Crippen LogP contribution < -0.4 is 15.5 Å². The predicted octanol–water partition coefficient (Wildman–Crippen LogP) is 0.0796. The molecule has 1 atom stereocenters. The van der Waals surface area contributed by atoms with Crippen LogP contribution in [0.1, 0.15) is 25.3 Å². The number of nitrogens with one attached hydrogen (secondary N) is 3. The Kier molecular flexibility index (Phi) is 5.12. The largest absolute Gasteiger partial charge is 0.335 e. The molecule has 0 aromatic heterocycles. The van der Waals surface area contributed by atoms with Crippen molar-refractivity contribution in [1.29, 1.82) is 0 Å². The number of likely N-dealkylation sites (N-methyl/N-ethyl adjacent to an activating group) is 1. The van der Waals surface area contributed by atoms with Gasteiger partial charge in [-0.1, -0.05) is 30.3 Å². The van der Waals surface area contributed by atoms with Crippen LogP contribution in [0, 0.1) is 0 Å². The van der Waals surface area contributed by atoms with Gasteiger partial charge in [0, 0.05) is 11.6 Å². The van der Waals surface area contributed by atoms with Crippen molar-refractivity contribution in [2.45, 2.75) is 32.4 Å². The number of amides is 3. The lowest BCUT2D eigenvalue weighted by atomic mass is 10.2. The molecule has 108 valence electrons. The first-order chi connectivity index (χ1) is 9.67. The third-order valence-electron chi connectivity index (χ3n) is 3.37. The second-order valence-corrected chi connectivity index (χ2v) is 5.24. The van der Waals surface area contributed by atoms with E-state index in [-0.39, 0.29) is 18.0 Å². The molecule has 5 nitrogen and oxygen atoms in total. The Morgan fingerprint density at radius 2 is 1.95 bits per heavy atom. The van der Waals surface area contributed by atoms with Crippen LogP contribution in [-0.2, 0) is 11.3 Å². The standard InChI is InChI=1S/C15H21N3O2/c1-2-18(10-12-6-4-3-5-7-12)11-14(19)17-15(20)16-13-8-9-13/h3-7,13H,2,8-11H2,1H3,(H2,16,17,19,20)/p+1. The molecular weight excluding hydrogens is 254 g/mol. The summed E-state index contributed by atoms with van der Waals surface area (Å²) in [5.41, 5.74) is 1.19. The number of benzene rings is 1. The molecule has 0 radical (unpaired) electrons. The number of hydrogen-bond acceptors (Lipinski definition) is 2. The Bertz CT molecular complexity index is 457. The second kappa shape index (κ2) is 7.05. The van der Waals surface area contributed by atoms with Gasteiger partial charge in [-0.05, 0) is 19.8 Å². The molecule has 1 aliphatic rings. The number of rotatable bonds is 6. The fraction of sp³-hybridized carbons (Fsp3) is 0.467. The van der Waals surface area contributed by atoms with Crippen LogP contribution in [0.15, 0.2) is 30.3 Å². The van der Waals surface area contributed by atoms with Gasteiger partial charge in [-0.25, -0.2) is 4.79 Å². The van der Waals surface area contributed by atoms with Crippen LogP contribution >= 0.6 is 0 Å². The summed E-state index contributed by atoms with van der Waals surface area (Å²) in [6.45, 7) is 3.97. The van der Waals surface area contributed by atoms with E-state index in [4.69, 9.17) is 0 Å². The molecule has 1 unspecified atom stereocenters. The molecule has 0 heterocycles. The van der Waals surface area contributed by atoms with Crippen LogP contribution in [0.25, 0.3) is 0 Å². The van der Waals surface area contributed by atoms with Gasteiger partial charge in [0.05, 0.1) is 6.54 Å². The van der Waals surface area contributed by atoms with Gasteiger partial charge in [-0.2, -0.15) is 0 Å². The number of imide groups is 1. The van der Waals surface area contributed by atoms with Crippen LogP contribution in [0.5, 0.6) is 0 Å². The molecule has 0 spiro atoms. The van der Waals surface area contributed by atoms with Gasteiger partial charge in [0.15, 0.2) is 6.54 Å². The fourth-order valence-corrected chi connectivity index (χ4v) is 2.04. The molecule has 1 aromatic rings. The number of carbonyl (C=O) groups is 2. The van der Waals surface area contributed by atoms with Crippen LogP contribution in [-0.4, -0.2) is 31.1 Å². The summed E-state index contributed by atoms with van der Waals surface area (Å²) < 4.78 is 0. The molecule has 1 fully saturated rings. The van der Waals surface area contributed by atoms with Crippen molar-refractivity contribution < 1.29 is 14.5 Å². The molecule has 3 N–H and O–H groups in total. The molecule has 3 amide bonds. The van der Waals surface area contributed by atoms with E-state index in [0.717, 1.165) is 30.8 Å². The van der Waals surface area contributed by atoms with E-state index < -0.39 is 0 Å². The first kappa shape index (κ1) is 14.5. The summed E-state index contributed by atoms with van der Waals surface area (Å²) in [7, 11) is 0. The van der Waals surface area contributed by atoms with Crippen molar-refractivity contribution in [3.63, 3.8) is 0 Å². The van der Waals surface area contributed by atoms with Crippen LogP contribution in [0.2, 0.25) is 0 Å². The van der Waals surface area contributed by atoms with E-state index >= 15 is 0 Å². The molecule has 1 aliphatic carbocycles. The maximum atomic E-state index is 11.8. The minimum atomic E-state index is -0.368. The molecule has 0 aliphatic heterocycles. The highest BCUT2D eigenvalue weighted by atomic mass is 16.2. The van der Waals surface area contributed by atoms with Crippen LogP contribution in [0.4, 0.5) is 4.79 Å². The lowest BCUT2D eigenvalue weighted by Gasteiger charge is -2.17. The average molecular weight is 276 g/mol. The summed E-state index contributed by atoms with van der Waals surface area (Å²) in [5.74, 6) is -0.226. The van der Waals surface area contributed by atoms with Crippen molar-refractivity contribution >= 4 is 11.9 Å². The highest BCUT2D eigenvalue weighted by molar-refractivity contribution is 5.94. The Morgan fingerprint density at radius 3 is 2.55 bits per heavy atom. The highest BCUT2D eigenvalue weighted by Crippen LogP contribution is 2.18. The van der Waals surface area contributed by atoms with E-state index in [1.165, 1.54) is 5.56 Å². The molecule has 1 saturated carbocycles. The van der Waals surface area contributed by atoms with E-state index in [0.29, 0.717) is 6.54 Å². The first-order valence-electron chi connectivity index (χ1n) is 7.15. The summed E-state index contributed by atoms with van der Waals surface area (Å²) >= 11 is 0. The van der Waals surface area contributed by atoms with E-state index in [1.54, 1.807) is 0 Å². The Hall–Kier alpha value is -1.88. The summed E-state index contributed by atoms with van der Waals surface area (Å²) in [4.78, 5) is 24.4. The second-order valence-electron chi connectivity index (χ2n) is 5.24. The van der Waals surface area contributed by atoms with E-state index in [2.05, 4.69) is 10.6 Å². The number of carbonyl (C=O) groups excluding carboxylic acids is 2.